The Balaban J connectivity index is 2.89. The Morgan fingerprint density at radius 1 is 1.22 bits per heavy atom. The predicted molar refractivity (Wildman–Crippen MR) is 81.1 cm³/mol. The van der Waals surface area contributed by atoms with Crippen LogP contribution in [0.25, 0.3) is 0 Å². The second-order valence-corrected chi connectivity index (χ2v) is 5.99. The van der Waals surface area contributed by atoms with Gasteiger partial charge in [-0.15, -0.1) is 0 Å². The van der Waals surface area contributed by atoms with Crippen LogP contribution in [0.3, 0.4) is 0 Å². The van der Waals surface area contributed by atoms with Gasteiger partial charge in [0.25, 0.3) is 0 Å². The molecule has 0 atom stereocenters. The summed E-state index contributed by atoms with van der Waals surface area (Å²) in [7, 11) is 0. The Labute approximate surface area is 111 Å². The SMILES string of the molecule is CC(C)=CCN(CC(C)(C)N)c1ccc(C)cc1. The molecule has 100 valence electrons. The molecule has 18 heavy (non-hydrogen) atoms. The Bertz CT molecular complexity index is 392. The van der Waals surface area contributed by atoms with Crippen molar-refractivity contribution < 1.29 is 0 Å². The molecule has 1 aromatic rings. The molecule has 0 saturated heterocycles. The Hall–Kier alpha value is -1.28. The van der Waals surface area contributed by atoms with Gasteiger partial charge in [-0.1, -0.05) is 29.3 Å². The molecule has 1 rings (SSSR count). The summed E-state index contributed by atoms with van der Waals surface area (Å²) in [6, 6.07) is 8.63. The zero-order chi connectivity index (χ0) is 13.8. The molecule has 0 saturated carbocycles. The average Bonchev–Trinajstić information content (AvgIpc) is 2.23. The average molecular weight is 246 g/mol. The van der Waals surface area contributed by atoms with Gasteiger partial charge < -0.3 is 10.6 Å². The maximum Gasteiger partial charge on any atom is 0.0369 e. The van der Waals surface area contributed by atoms with Crippen molar-refractivity contribution in [2.24, 2.45) is 5.73 Å². The number of hydrogen-bond donors (Lipinski definition) is 1. The van der Waals surface area contributed by atoms with Gasteiger partial charge in [0.1, 0.15) is 0 Å². The molecule has 0 radical (unpaired) electrons. The van der Waals surface area contributed by atoms with Crippen molar-refractivity contribution in [3.63, 3.8) is 0 Å². The molecule has 0 spiro atoms. The summed E-state index contributed by atoms with van der Waals surface area (Å²) in [6.45, 7) is 12.2. The van der Waals surface area contributed by atoms with E-state index in [2.05, 4.69) is 69.9 Å². The minimum absolute atomic E-state index is 0.194. The van der Waals surface area contributed by atoms with Gasteiger partial charge in [0.05, 0.1) is 0 Å². The Morgan fingerprint density at radius 3 is 2.22 bits per heavy atom. The fourth-order valence-electron chi connectivity index (χ4n) is 1.80. The summed E-state index contributed by atoms with van der Waals surface area (Å²) in [5.41, 5.74) is 9.81. The molecular weight excluding hydrogens is 220 g/mol. The fourth-order valence-corrected chi connectivity index (χ4v) is 1.80. The van der Waals surface area contributed by atoms with Crippen molar-refractivity contribution in [1.82, 2.24) is 0 Å². The number of anilines is 1. The molecule has 2 heteroatoms. The van der Waals surface area contributed by atoms with Crippen molar-refractivity contribution in [3.05, 3.63) is 41.5 Å². The number of rotatable bonds is 5. The third kappa shape index (κ3) is 5.37. The van der Waals surface area contributed by atoms with Crippen LogP contribution in [0, 0.1) is 6.92 Å². The maximum absolute atomic E-state index is 6.15. The van der Waals surface area contributed by atoms with Crippen LogP contribution in [0.4, 0.5) is 5.69 Å². The molecule has 0 aliphatic rings. The summed E-state index contributed by atoms with van der Waals surface area (Å²) in [5.74, 6) is 0. The van der Waals surface area contributed by atoms with Gasteiger partial charge in [0.2, 0.25) is 0 Å². The second kappa shape index (κ2) is 6.05. The van der Waals surface area contributed by atoms with E-state index in [0.717, 1.165) is 13.1 Å². The van der Waals surface area contributed by atoms with Crippen molar-refractivity contribution in [1.29, 1.82) is 0 Å². The lowest BCUT2D eigenvalue weighted by atomic mass is 10.1. The summed E-state index contributed by atoms with van der Waals surface area (Å²) in [4.78, 5) is 2.33. The molecule has 0 fully saturated rings. The van der Waals surface area contributed by atoms with Gasteiger partial charge in [-0.2, -0.15) is 0 Å². The highest BCUT2D eigenvalue weighted by Crippen LogP contribution is 2.17. The highest BCUT2D eigenvalue weighted by Gasteiger charge is 2.16. The summed E-state index contributed by atoms with van der Waals surface area (Å²) in [6.07, 6.45) is 2.24. The molecule has 0 heterocycles. The summed E-state index contributed by atoms with van der Waals surface area (Å²) in [5, 5.41) is 0. The maximum atomic E-state index is 6.15. The number of benzene rings is 1. The lowest BCUT2D eigenvalue weighted by Gasteiger charge is -2.31. The molecule has 2 nitrogen and oxygen atoms in total. The van der Waals surface area contributed by atoms with E-state index < -0.39 is 0 Å². The fraction of sp³-hybridized carbons (Fsp3) is 0.500. The van der Waals surface area contributed by atoms with Gasteiger partial charge in [0, 0.05) is 24.3 Å². The van der Waals surface area contributed by atoms with Gasteiger partial charge in [0.15, 0.2) is 0 Å². The predicted octanol–water partition coefficient (Wildman–Crippen LogP) is 3.50. The van der Waals surface area contributed by atoms with E-state index in [0.29, 0.717) is 0 Å². The third-order valence-corrected chi connectivity index (χ3v) is 2.72. The minimum atomic E-state index is -0.194. The lowest BCUT2D eigenvalue weighted by molar-refractivity contribution is 0.513. The van der Waals surface area contributed by atoms with E-state index in [-0.39, 0.29) is 5.54 Å². The molecule has 0 aromatic heterocycles. The van der Waals surface area contributed by atoms with Gasteiger partial charge in [-0.25, -0.2) is 0 Å². The summed E-state index contributed by atoms with van der Waals surface area (Å²) >= 11 is 0. The molecule has 0 unspecified atom stereocenters. The van der Waals surface area contributed by atoms with E-state index in [1.807, 2.05) is 0 Å². The number of aryl methyl sites for hydroxylation is 1. The van der Waals surface area contributed by atoms with Crippen molar-refractivity contribution in [2.45, 2.75) is 40.2 Å². The van der Waals surface area contributed by atoms with Crippen molar-refractivity contribution in [2.75, 3.05) is 18.0 Å². The number of hydrogen-bond acceptors (Lipinski definition) is 2. The molecule has 2 N–H and O–H groups in total. The van der Waals surface area contributed by atoms with Crippen LogP contribution in [-0.4, -0.2) is 18.6 Å². The number of nitrogens with zero attached hydrogens (tertiary/aromatic N) is 1. The Kier molecular flexibility index (Phi) is 4.97. The van der Waals surface area contributed by atoms with E-state index >= 15 is 0 Å². The Morgan fingerprint density at radius 2 is 1.78 bits per heavy atom. The van der Waals surface area contributed by atoms with Gasteiger partial charge in [-0.3, -0.25) is 0 Å². The van der Waals surface area contributed by atoms with Crippen LogP contribution in [0.1, 0.15) is 33.3 Å². The van der Waals surface area contributed by atoms with Crippen LogP contribution in [0.5, 0.6) is 0 Å². The van der Waals surface area contributed by atoms with E-state index in [9.17, 15) is 0 Å². The molecular formula is C16H26N2. The van der Waals surface area contributed by atoms with Crippen LogP contribution in [0.2, 0.25) is 0 Å². The van der Waals surface area contributed by atoms with Crippen molar-refractivity contribution >= 4 is 5.69 Å². The molecule has 0 bridgehead atoms. The first-order chi connectivity index (χ1) is 8.28. The first-order valence-electron chi connectivity index (χ1n) is 6.52. The van der Waals surface area contributed by atoms with Crippen LogP contribution in [-0.2, 0) is 0 Å². The zero-order valence-electron chi connectivity index (χ0n) is 12.3. The van der Waals surface area contributed by atoms with Crippen molar-refractivity contribution in [3.8, 4) is 0 Å². The minimum Gasteiger partial charge on any atom is -0.366 e. The van der Waals surface area contributed by atoms with E-state index in [1.54, 1.807) is 0 Å². The topological polar surface area (TPSA) is 29.3 Å². The smallest absolute Gasteiger partial charge is 0.0369 e. The largest absolute Gasteiger partial charge is 0.366 e. The zero-order valence-corrected chi connectivity index (χ0v) is 12.3. The highest BCUT2D eigenvalue weighted by molar-refractivity contribution is 5.48. The van der Waals surface area contributed by atoms with Crippen LogP contribution >= 0.6 is 0 Å². The molecule has 0 aliphatic carbocycles. The first-order valence-corrected chi connectivity index (χ1v) is 6.52. The normalized spacial score (nSPS) is 11.2. The molecule has 1 aromatic carbocycles. The standard InChI is InChI=1S/C16H26N2/c1-13(2)10-11-18(12-16(4,5)17)15-8-6-14(3)7-9-15/h6-10H,11-12,17H2,1-5H3. The van der Waals surface area contributed by atoms with Crippen LogP contribution in [0.15, 0.2) is 35.9 Å². The quantitative estimate of drug-likeness (QED) is 0.806. The number of nitrogens with two attached hydrogens (primary N) is 1. The van der Waals surface area contributed by atoms with E-state index in [1.165, 1.54) is 16.8 Å². The molecule has 0 aliphatic heterocycles. The monoisotopic (exact) mass is 246 g/mol. The molecule has 0 amide bonds. The first kappa shape index (κ1) is 14.8. The second-order valence-electron chi connectivity index (χ2n) is 5.99. The third-order valence-electron chi connectivity index (χ3n) is 2.72. The summed E-state index contributed by atoms with van der Waals surface area (Å²) < 4.78 is 0. The number of allylic oxidation sites excluding steroid dienone is 1. The lowest BCUT2D eigenvalue weighted by Crippen LogP contribution is -2.45. The van der Waals surface area contributed by atoms with Gasteiger partial charge in [-0.05, 0) is 46.8 Å². The highest BCUT2D eigenvalue weighted by atomic mass is 15.1. The van der Waals surface area contributed by atoms with E-state index in [4.69, 9.17) is 5.73 Å². The van der Waals surface area contributed by atoms with Gasteiger partial charge >= 0.3 is 0 Å². The van der Waals surface area contributed by atoms with Crippen LogP contribution < -0.4 is 10.6 Å².